The Morgan fingerprint density at radius 3 is 2.32 bits per heavy atom. The Morgan fingerprint density at radius 1 is 1.26 bits per heavy atom. The summed E-state index contributed by atoms with van der Waals surface area (Å²) in [5, 5.41) is 0. The fourth-order valence-electron chi connectivity index (χ4n) is 1.57. The van der Waals surface area contributed by atoms with E-state index in [0.717, 1.165) is 5.56 Å². The minimum absolute atomic E-state index is 0.0433. The zero-order chi connectivity index (χ0) is 14.5. The molecule has 0 aliphatic rings. The van der Waals surface area contributed by atoms with Crippen LogP contribution >= 0.6 is 0 Å². The van der Waals surface area contributed by atoms with Gasteiger partial charge in [-0.05, 0) is 24.7 Å². The van der Waals surface area contributed by atoms with Gasteiger partial charge in [-0.1, -0.05) is 12.1 Å². The second kappa shape index (κ2) is 6.65. The topological polar surface area (TPSA) is 106 Å². The lowest BCUT2D eigenvalue weighted by atomic mass is 10.2. The van der Waals surface area contributed by atoms with Gasteiger partial charge >= 0.3 is 0 Å². The Balaban J connectivity index is 2.67. The first-order valence-electron chi connectivity index (χ1n) is 5.84. The number of amides is 1. The monoisotopic (exact) mass is 285 g/mol. The fourth-order valence-corrected chi connectivity index (χ4v) is 2.91. The van der Waals surface area contributed by atoms with E-state index < -0.39 is 15.7 Å². The number of rotatable bonds is 7. The molecule has 4 N–H and O–H groups in total. The summed E-state index contributed by atoms with van der Waals surface area (Å²) in [5.41, 5.74) is 11.4. The third-order valence-electron chi connectivity index (χ3n) is 2.69. The first kappa shape index (κ1) is 15.6. The summed E-state index contributed by atoms with van der Waals surface area (Å²) in [7, 11) is -1.70. The van der Waals surface area contributed by atoms with Gasteiger partial charge in [0.05, 0.1) is 17.2 Å². The van der Waals surface area contributed by atoms with Crippen molar-refractivity contribution in [3.63, 3.8) is 0 Å². The maximum absolute atomic E-state index is 12.0. The smallest absolute Gasteiger partial charge is 0.231 e. The normalized spacial score (nSPS) is 11.7. The molecule has 0 unspecified atom stereocenters. The van der Waals surface area contributed by atoms with Crippen molar-refractivity contribution in [1.29, 1.82) is 0 Å². The zero-order valence-electron chi connectivity index (χ0n) is 10.9. The molecule has 106 valence electrons. The predicted octanol–water partition coefficient (Wildman–Crippen LogP) is -0.664. The Hall–Kier alpha value is -1.44. The highest BCUT2D eigenvalue weighted by molar-refractivity contribution is 7.91. The second-order valence-corrected chi connectivity index (χ2v) is 6.48. The average Bonchev–Trinajstić information content (AvgIpc) is 2.36. The molecule has 1 rings (SSSR count). The highest BCUT2D eigenvalue weighted by Gasteiger charge is 2.15. The molecule has 0 aromatic heterocycles. The lowest BCUT2D eigenvalue weighted by molar-refractivity contribution is -0.118. The predicted molar refractivity (Wildman–Crippen MR) is 73.1 cm³/mol. The molecular formula is C12H19N3O3S. The minimum atomic E-state index is -3.35. The van der Waals surface area contributed by atoms with Crippen molar-refractivity contribution in [2.45, 2.75) is 11.4 Å². The third-order valence-corrected chi connectivity index (χ3v) is 4.40. The highest BCUT2D eigenvalue weighted by atomic mass is 32.2. The van der Waals surface area contributed by atoms with E-state index in [2.05, 4.69) is 0 Å². The van der Waals surface area contributed by atoms with Crippen LogP contribution in [0.3, 0.4) is 0 Å². The van der Waals surface area contributed by atoms with Crippen LogP contribution in [0.1, 0.15) is 5.56 Å². The molecule has 7 heteroatoms. The summed E-state index contributed by atoms with van der Waals surface area (Å²) in [4.78, 5) is 12.5. The Labute approximate surface area is 113 Å². The van der Waals surface area contributed by atoms with Crippen molar-refractivity contribution in [2.75, 3.05) is 25.9 Å². The maximum Gasteiger partial charge on any atom is 0.231 e. The van der Waals surface area contributed by atoms with Gasteiger partial charge in [0.2, 0.25) is 5.91 Å². The molecule has 0 spiro atoms. The van der Waals surface area contributed by atoms with Crippen molar-refractivity contribution in [3.8, 4) is 0 Å². The summed E-state index contributed by atoms with van der Waals surface area (Å²) in [6, 6.07) is 6.48. The van der Waals surface area contributed by atoms with E-state index in [9.17, 15) is 13.2 Å². The molecule has 0 radical (unpaired) electrons. The van der Waals surface area contributed by atoms with Gasteiger partial charge in [0, 0.05) is 13.1 Å². The first-order chi connectivity index (χ1) is 8.85. The molecule has 0 bridgehead atoms. The largest absolute Gasteiger partial charge is 0.369 e. The number of nitrogens with two attached hydrogens (primary N) is 2. The number of hydrogen-bond donors (Lipinski definition) is 2. The van der Waals surface area contributed by atoms with Gasteiger partial charge < -0.3 is 11.5 Å². The van der Waals surface area contributed by atoms with Crippen LogP contribution in [0.25, 0.3) is 0 Å². The molecule has 0 fully saturated rings. The lowest BCUT2D eigenvalue weighted by Crippen LogP contribution is -2.33. The number of sulfone groups is 1. The van der Waals surface area contributed by atoms with Gasteiger partial charge in [0.25, 0.3) is 0 Å². The van der Waals surface area contributed by atoms with Crippen molar-refractivity contribution in [2.24, 2.45) is 11.5 Å². The first-order valence-corrected chi connectivity index (χ1v) is 7.49. The molecule has 19 heavy (non-hydrogen) atoms. The van der Waals surface area contributed by atoms with E-state index in [-0.39, 0.29) is 23.7 Å². The van der Waals surface area contributed by atoms with Crippen LogP contribution in [-0.2, 0) is 21.2 Å². The number of hydrogen-bond acceptors (Lipinski definition) is 5. The number of likely N-dealkylation sites (N-methyl/N-ethyl adjacent to an activating group) is 1. The van der Waals surface area contributed by atoms with E-state index in [0.29, 0.717) is 6.54 Å². The molecule has 1 aromatic carbocycles. The SMILES string of the molecule is CN(CCS(=O)(=O)c1ccc(CN)cc1)CC(N)=O. The number of primary amides is 1. The Bertz CT molecular complexity index is 526. The Morgan fingerprint density at radius 2 is 1.84 bits per heavy atom. The van der Waals surface area contributed by atoms with Crippen molar-refractivity contribution >= 4 is 15.7 Å². The number of carbonyl (C=O) groups is 1. The third kappa shape index (κ3) is 4.98. The van der Waals surface area contributed by atoms with Crippen LogP contribution < -0.4 is 11.5 Å². The summed E-state index contributed by atoms with van der Waals surface area (Å²) in [6.07, 6.45) is 0. The molecule has 1 amide bonds. The molecule has 0 atom stereocenters. The fraction of sp³-hybridized carbons (Fsp3) is 0.417. The van der Waals surface area contributed by atoms with Crippen molar-refractivity contribution < 1.29 is 13.2 Å². The van der Waals surface area contributed by atoms with E-state index in [1.54, 1.807) is 36.2 Å². The number of nitrogens with zero attached hydrogens (tertiary/aromatic N) is 1. The molecule has 0 saturated heterocycles. The maximum atomic E-state index is 12.0. The van der Waals surface area contributed by atoms with E-state index in [1.165, 1.54) is 0 Å². The zero-order valence-corrected chi connectivity index (χ0v) is 11.7. The van der Waals surface area contributed by atoms with Crippen molar-refractivity contribution in [3.05, 3.63) is 29.8 Å². The van der Waals surface area contributed by atoms with Gasteiger partial charge in [-0.15, -0.1) is 0 Å². The highest BCUT2D eigenvalue weighted by Crippen LogP contribution is 2.12. The molecule has 6 nitrogen and oxygen atoms in total. The van der Waals surface area contributed by atoms with Gasteiger partial charge in [-0.25, -0.2) is 8.42 Å². The van der Waals surface area contributed by atoms with Crippen LogP contribution in [-0.4, -0.2) is 45.1 Å². The number of benzene rings is 1. The molecule has 0 heterocycles. The minimum Gasteiger partial charge on any atom is -0.369 e. The quantitative estimate of drug-likeness (QED) is 0.691. The summed E-state index contributed by atoms with van der Waals surface area (Å²) >= 11 is 0. The molecule has 0 aliphatic heterocycles. The summed E-state index contributed by atoms with van der Waals surface area (Å²) in [5.74, 6) is -0.536. The average molecular weight is 285 g/mol. The van der Waals surface area contributed by atoms with E-state index in [1.807, 2.05) is 0 Å². The van der Waals surface area contributed by atoms with Gasteiger partial charge in [-0.3, -0.25) is 9.69 Å². The Kier molecular flexibility index (Phi) is 5.46. The molecule has 1 aromatic rings. The van der Waals surface area contributed by atoms with Crippen LogP contribution in [0.2, 0.25) is 0 Å². The lowest BCUT2D eigenvalue weighted by Gasteiger charge is -2.14. The molecular weight excluding hydrogens is 266 g/mol. The van der Waals surface area contributed by atoms with Crippen LogP contribution in [0, 0.1) is 0 Å². The standard InChI is InChI=1S/C12H19N3O3S/c1-15(9-12(14)16)6-7-19(17,18)11-4-2-10(8-13)3-5-11/h2-5H,6-9,13H2,1H3,(H2,14,16). The van der Waals surface area contributed by atoms with Gasteiger partial charge in [0.1, 0.15) is 0 Å². The van der Waals surface area contributed by atoms with Gasteiger partial charge in [-0.2, -0.15) is 0 Å². The van der Waals surface area contributed by atoms with Crippen LogP contribution in [0.15, 0.2) is 29.2 Å². The molecule has 0 aliphatic carbocycles. The van der Waals surface area contributed by atoms with Crippen LogP contribution in [0.4, 0.5) is 0 Å². The van der Waals surface area contributed by atoms with Crippen LogP contribution in [0.5, 0.6) is 0 Å². The van der Waals surface area contributed by atoms with Gasteiger partial charge in [0.15, 0.2) is 9.84 Å². The van der Waals surface area contributed by atoms with Crippen molar-refractivity contribution in [1.82, 2.24) is 4.90 Å². The van der Waals surface area contributed by atoms with E-state index >= 15 is 0 Å². The summed E-state index contributed by atoms with van der Waals surface area (Å²) in [6.45, 7) is 0.674. The molecule has 0 saturated carbocycles. The second-order valence-electron chi connectivity index (χ2n) is 4.37. The van der Waals surface area contributed by atoms with E-state index in [4.69, 9.17) is 11.5 Å². The summed E-state index contributed by atoms with van der Waals surface area (Å²) < 4.78 is 24.1. The number of carbonyl (C=O) groups excluding carboxylic acids is 1.